The van der Waals surface area contributed by atoms with Crippen LogP contribution in [0.25, 0.3) is 0 Å². The number of hydrogen-bond donors (Lipinski definition) is 1. The van der Waals surface area contributed by atoms with Crippen molar-refractivity contribution in [1.29, 1.82) is 5.26 Å². The Morgan fingerprint density at radius 1 is 1.20 bits per heavy atom. The van der Waals surface area contributed by atoms with Gasteiger partial charge < -0.3 is 10.5 Å². The first-order valence-electron chi connectivity index (χ1n) is 6.38. The number of hydrogen-bond acceptors (Lipinski definition) is 3. The lowest BCUT2D eigenvalue weighted by atomic mass is 10.0. The molecule has 0 fully saturated rings. The van der Waals surface area contributed by atoms with E-state index in [0.29, 0.717) is 5.75 Å². The molecule has 2 aromatic carbocycles. The van der Waals surface area contributed by atoms with Crippen LogP contribution >= 0.6 is 0 Å². The van der Waals surface area contributed by atoms with Crippen molar-refractivity contribution < 1.29 is 9.13 Å². The number of benzene rings is 2. The molecule has 0 heterocycles. The van der Waals surface area contributed by atoms with Crippen molar-refractivity contribution in [2.75, 3.05) is 0 Å². The molecule has 0 aliphatic heterocycles. The third-order valence-corrected chi connectivity index (χ3v) is 3.07. The molecule has 2 aromatic rings. The average Bonchev–Trinajstić information content (AvgIpc) is 2.47. The Kier molecular flexibility index (Phi) is 4.34. The van der Waals surface area contributed by atoms with E-state index >= 15 is 0 Å². The molecule has 0 aliphatic rings. The van der Waals surface area contributed by atoms with Gasteiger partial charge in [0.15, 0.2) is 0 Å². The van der Waals surface area contributed by atoms with E-state index in [0.717, 1.165) is 12.0 Å². The van der Waals surface area contributed by atoms with Crippen molar-refractivity contribution in [3.63, 3.8) is 0 Å². The molecule has 0 spiro atoms. The summed E-state index contributed by atoms with van der Waals surface area (Å²) in [5.74, 6) is 0.148. The number of ether oxygens (including phenoxy) is 1. The number of halogens is 1. The molecule has 3 nitrogen and oxygen atoms in total. The first-order chi connectivity index (χ1) is 9.67. The van der Waals surface area contributed by atoms with Gasteiger partial charge in [-0.3, -0.25) is 0 Å². The van der Waals surface area contributed by atoms with Gasteiger partial charge in [-0.05, 0) is 24.6 Å². The maximum atomic E-state index is 13.6. The van der Waals surface area contributed by atoms with Crippen LogP contribution in [0.1, 0.15) is 30.5 Å². The molecular formula is C16H15FN2O. The predicted octanol–water partition coefficient (Wildman–Crippen LogP) is 3.90. The van der Waals surface area contributed by atoms with Crippen LogP contribution in [0.5, 0.6) is 11.5 Å². The lowest BCUT2D eigenvalue weighted by Crippen LogP contribution is -2.10. The van der Waals surface area contributed by atoms with Gasteiger partial charge in [0, 0.05) is 11.6 Å². The second-order valence-corrected chi connectivity index (χ2v) is 4.38. The lowest BCUT2D eigenvalue weighted by molar-refractivity contribution is 0.462. The molecule has 1 atom stereocenters. The summed E-state index contributed by atoms with van der Waals surface area (Å²) < 4.78 is 19.2. The lowest BCUT2D eigenvalue weighted by Gasteiger charge is -2.16. The smallest absolute Gasteiger partial charge is 0.148 e. The Hall–Kier alpha value is -2.38. The minimum absolute atomic E-state index is 0.104. The number of para-hydroxylation sites is 1. The van der Waals surface area contributed by atoms with Gasteiger partial charge in [0.05, 0.1) is 0 Å². The molecule has 4 heteroatoms. The van der Waals surface area contributed by atoms with E-state index in [1.54, 1.807) is 12.1 Å². The molecular weight excluding hydrogens is 255 g/mol. The van der Waals surface area contributed by atoms with Crippen LogP contribution in [0.3, 0.4) is 0 Å². The van der Waals surface area contributed by atoms with Crippen LogP contribution in [-0.2, 0) is 0 Å². The summed E-state index contributed by atoms with van der Waals surface area (Å²) in [6.45, 7) is 1.98. The maximum absolute atomic E-state index is 13.6. The highest BCUT2D eigenvalue weighted by atomic mass is 19.1. The molecule has 0 amide bonds. The van der Waals surface area contributed by atoms with E-state index in [1.807, 2.05) is 31.2 Å². The van der Waals surface area contributed by atoms with Crippen LogP contribution in [0.15, 0.2) is 42.5 Å². The van der Waals surface area contributed by atoms with Crippen molar-refractivity contribution in [3.05, 3.63) is 59.4 Å². The van der Waals surface area contributed by atoms with Crippen LogP contribution in [0, 0.1) is 17.1 Å². The Morgan fingerprint density at radius 3 is 2.60 bits per heavy atom. The van der Waals surface area contributed by atoms with Crippen LogP contribution in [-0.4, -0.2) is 0 Å². The summed E-state index contributed by atoms with van der Waals surface area (Å²) >= 11 is 0. The highest BCUT2D eigenvalue weighted by molar-refractivity contribution is 5.47. The van der Waals surface area contributed by atoms with Crippen molar-refractivity contribution in [3.8, 4) is 17.6 Å². The van der Waals surface area contributed by atoms with Crippen molar-refractivity contribution >= 4 is 0 Å². The zero-order chi connectivity index (χ0) is 14.5. The van der Waals surface area contributed by atoms with Crippen LogP contribution in [0.2, 0.25) is 0 Å². The van der Waals surface area contributed by atoms with Crippen LogP contribution in [0.4, 0.5) is 4.39 Å². The molecule has 2 N–H and O–H groups in total. The Morgan fingerprint density at radius 2 is 1.90 bits per heavy atom. The summed E-state index contributed by atoms with van der Waals surface area (Å²) in [6.07, 6.45) is 0.759. The molecule has 1 unspecified atom stereocenters. The molecule has 0 saturated heterocycles. The fraction of sp³-hybridized carbons (Fsp3) is 0.188. The second-order valence-electron chi connectivity index (χ2n) is 4.38. The molecule has 2 rings (SSSR count). The number of nitrogens with two attached hydrogens (primary N) is 1. The largest absolute Gasteiger partial charge is 0.456 e. The second kappa shape index (κ2) is 6.18. The first-order valence-corrected chi connectivity index (χ1v) is 6.38. The Labute approximate surface area is 117 Å². The summed E-state index contributed by atoms with van der Waals surface area (Å²) in [7, 11) is 0. The summed E-state index contributed by atoms with van der Waals surface area (Å²) in [5, 5.41) is 9.01. The highest BCUT2D eigenvalue weighted by Crippen LogP contribution is 2.32. The van der Waals surface area contributed by atoms with Gasteiger partial charge >= 0.3 is 0 Å². The fourth-order valence-electron chi connectivity index (χ4n) is 1.92. The Balaban J connectivity index is 2.41. The van der Waals surface area contributed by atoms with E-state index in [9.17, 15) is 4.39 Å². The van der Waals surface area contributed by atoms with E-state index < -0.39 is 5.82 Å². The molecule has 102 valence electrons. The molecule has 0 saturated carbocycles. The normalized spacial score (nSPS) is 11.7. The van der Waals surface area contributed by atoms with E-state index in [-0.39, 0.29) is 17.4 Å². The topological polar surface area (TPSA) is 59.0 Å². The maximum Gasteiger partial charge on any atom is 0.148 e. The zero-order valence-electron chi connectivity index (χ0n) is 11.1. The fourth-order valence-corrected chi connectivity index (χ4v) is 1.92. The first kappa shape index (κ1) is 14.0. The van der Waals surface area contributed by atoms with E-state index in [2.05, 4.69) is 0 Å². The predicted molar refractivity (Wildman–Crippen MR) is 74.9 cm³/mol. The summed E-state index contributed by atoms with van der Waals surface area (Å²) in [6, 6.07) is 13.3. The molecule has 0 aliphatic carbocycles. The van der Waals surface area contributed by atoms with Gasteiger partial charge in [0.2, 0.25) is 0 Å². The molecule has 20 heavy (non-hydrogen) atoms. The number of rotatable bonds is 4. The number of nitriles is 1. The average molecular weight is 270 g/mol. The summed E-state index contributed by atoms with van der Waals surface area (Å²) in [5.41, 5.74) is 6.76. The third-order valence-electron chi connectivity index (χ3n) is 3.07. The van der Waals surface area contributed by atoms with Gasteiger partial charge in [-0.1, -0.05) is 31.2 Å². The SMILES string of the molecule is CCC(N)c1ccccc1Oc1cccc(F)c1C#N. The molecule has 0 aromatic heterocycles. The van der Waals surface area contributed by atoms with E-state index in [1.165, 1.54) is 12.1 Å². The van der Waals surface area contributed by atoms with Crippen molar-refractivity contribution in [2.45, 2.75) is 19.4 Å². The van der Waals surface area contributed by atoms with E-state index in [4.69, 9.17) is 15.7 Å². The number of nitrogens with zero attached hydrogens (tertiary/aromatic N) is 1. The van der Waals surface area contributed by atoms with Gasteiger partial charge in [0.1, 0.15) is 28.9 Å². The molecule has 0 radical (unpaired) electrons. The minimum atomic E-state index is -0.595. The Bertz CT molecular complexity index is 649. The highest BCUT2D eigenvalue weighted by Gasteiger charge is 2.14. The standard InChI is InChI=1S/C16H15FN2O/c1-2-14(19)11-6-3-4-8-15(11)20-16-9-5-7-13(17)12(16)10-18/h3-9,14H,2,19H2,1H3. The quantitative estimate of drug-likeness (QED) is 0.916. The van der Waals surface area contributed by atoms with Gasteiger partial charge in [-0.25, -0.2) is 4.39 Å². The minimum Gasteiger partial charge on any atom is -0.456 e. The van der Waals surface area contributed by atoms with Crippen LogP contribution < -0.4 is 10.5 Å². The summed E-state index contributed by atoms with van der Waals surface area (Å²) in [4.78, 5) is 0. The zero-order valence-corrected chi connectivity index (χ0v) is 11.1. The van der Waals surface area contributed by atoms with Gasteiger partial charge in [-0.15, -0.1) is 0 Å². The monoisotopic (exact) mass is 270 g/mol. The van der Waals surface area contributed by atoms with Gasteiger partial charge in [0.25, 0.3) is 0 Å². The van der Waals surface area contributed by atoms with Gasteiger partial charge in [-0.2, -0.15) is 5.26 Å². The van der Waals surface area contributed by atoms with Crippen molar-refractivity contribution in [2.24, 2.45) is 5.73 Å². The molecule has 0 bridgehead atoms. The van der Waals surface area contributed by atoms with Crippen molar-refractivity contribution in [1.82, 2.24) is 0 Å². The third kappa shape index (κ3) is 2.79.